The van der Waals surface area contributed by atoms with Gasteiger partial charge < -0.3 is 10.1 Å². The lowest BCUT2D eigenvalue weighted by Crippen LogP contribution is -2.39. The molecule has 0 aromatic heterocycles. The second-order valence-electron chi connectivity index (χ2n) is 4.05. The van der Waals surface area contributed by atoms with Crippen molar-refractivity contribution in [1.82, 2.24) is 5.32 Å². The fourth-order valence-electron chi connectivity index (χ4n) is 1.91. The number of fused-ring (bicyclic) bond motifs is 1. The van der Waals surface area contributed by atoms with Crippen LogP contribution in [0, 0.1) is 0 Å². The van der Waals surface area contributed by atoms with Crippen LogP contribution in [0.15, 0.2) is 24.3 Å². The van der Waals surface area contributed by atoms with Gasteiger partial charge in [-0.1, -0.05) is 18.2 Å². The van der Waals surface area contributed by atoms with Gasteiger partial charge in [-0.25, -0.2) is 0 Å². The van der Waals surface area contributed by atoms with E-state index in [-0.39, 0.29) is 0 Å². The molecule has 1 N–H and O–H groups in total. The summed E-state index contributed by atoms with van der Waals surface area (Å²) in [5.74, 6) is -1.38. The van der Waals surface area contributed by atoms with E-state index >= 15 is 0 Å². The number of carbonyl (C=O) groups is 1. The highest BCUT2D eigenvalue weighted by atomic mass is 19.4. The predicted octanol–water partition coefficient (Wildman–Crippen LogP) is 2.58. The average molecular weight is 259 g/mol. The Hall–Kier alpha value is -1.72. The Labute approximate surface area is 102 Å². The van der Waals surface area contributed by atoms with E-state index in [1.54, 1.807) is 24.3 Å². The summed E-state index contributed by atoms with van der Waals surface area (Å²) in [6.07, 6.45) is -3.83. The van der Waals surface area contributed by atoms with E-state index < -0.39 is 18.1 Å². The maximum atomic E-state index is 12.2. The highest BCUT2D eigenvalue weighted by Crippen LogP contribution is 2.31. The summed E-state index contributed by atoms with van der Waals surface area (Å²) in [5, 5.41) is 2.01. The summed E-state index contributed by atoms with van der Waals surface area (Å²) in [6.45, 7) is 0.440. The van der Waals surface area contributed by atoms with Crippen LogP contribution in [0.3, 0.4) is 0 Å². The van der Waals surface area contributed by atoms with Crippen LogP contribution < -0.4 is 10.1 Å². The summed E-state index contributed by atoms with van der Waals surface area (Å²) >= 11 is 0. The van der Waals surface area contributed by atoms with Gasteiger partial charge in [-0.3, -0.25) is 4.79 Å². The zero-order valence-electron chi connectivity index (χ0n) is 9.46. The fraction of sp³-hybridized carbons (Fsp3) is 0.417. The second-order valence-corrected chi connectivity index (χ2v) is 4.05. The van der Waals surface area contributed by atoms with Gasteiger partial charge in [-0.2, -0.15) is 13.2 Å². The van der Waals surface area contributed by atoms with Crippen LogP contribution >= 0.6 is 0 Å². The van der Waals surface area contributed by atoms with Crippen LogP contribution in [0.25, 0.3) is 0 Å². The van der Waals surface area contributed by atoms with Crippen LogP contribution in [0.5, 0.6) is 5.75 Å². The van der Waals surface area contributed by atoms with Gasteiger partial charge in [0.05, 0.1) is 12.6 Å². The number of para-hydroxylation sites is 1. The van der Waals surface area contributed by atoms with Crippen LogP contribution in [0.2, 0.25) is 0 Å². The molecule has 1 atom stereocenters. The maximum absolute atomic E-state index is 12.2. The number of nitrogens with one attached hydrogen (secondary N) is 1. The van der Waals surface area contributed by atoms with E-state index in [1.807, 2.05) is 5.32 Å². The standard InChI is InChI=1S/C12H12F3NO2/c13-12(14,15)11(17)16-9-5-3-7-18-10-6-2-1-4-8(9)10/h1-2,4,6,9H,3,5,7H2,(H,16,17). The van der Waals surface area contributed by atoms with Gasteiger partial charge in [0, 0.05) is 5.56 Å². The Balaban J connectivity index is 2.21. The Bertz CT molecular complexity index is 445. The van der Waals surface area contributed by atoms with Crippen molar-refractivity contribution in [2.75, 3.05) is 6.61 Å². The molecule has 0 spiro atoms. The molecule has 1 unspecified atom stereocenters. The van der Waals surface area contributed by atoms with Crippen molar-refractivity contribution in [2.24, 2.45) is 0 Å². The van der Waals surface area contributed by atoms with Gasteiger partial charge in [-0.05, 0) is 18.9 Å². The zero-order chi connectivity index (χ0) is 13.2. The smallest absolute Gasteiger partial charge is 0.471 e. The van der Waals surface area contributed by atoms with E-state index in [4.69, 9.17) is 4.74 Å². The Morgan fingerprint density at radius 1 is 1.33 bits per heavy atom. The second kappa shape index (κ2) is 4.88. The summed E-state index contributed by atoms with van der Waals surface area (Å²) in [6, 6.07) is 6.15. The molecule has 0 bridgehead atoms. The normalized spacial score (nSPS) is 19.4. The minimum Gasteiger partial charge on any atom is -0.493 e. The molecule has 1 aliphatic heterocycles. The molecule has 0 saturated carbocycles. The van der Waals surface area contributed by atoms with Crippen molar-refractivity contribution >= 4 is 5.91 Å². The fourth-order valence-corrected chi connectivity index (χ4v) is 1.91. The number of hydrogen-bond donors (Lipinski definition) is 1. The van der Waals surface area contributed by atoms with Crippen LogP contribution in [-0.4, -0.2) is 18.7 Å². The quantitative estimate of drug-likeness (QED) is 0.841. The van der Waals surface area contributed by atoms with E-state index in [0.717, 1.165) is 0 Å². The molecule has 1 aromatic rings. The number of rotatable bonds is 1. The van der Waals surface area contributed by atoms with Gasteiger partial charge in [0.2, 0.25) is 0 Å². The van der Waals surface area contributed by atoms with Crippen molar-refractivity contribution in [3.8, 4) is 5.75 Å². The first-order valence-electron chi connectivity index (χ1n) is 5.58. The first-order valence-corrected chi connectivity index (χ1v) is 5.58. The van der Waals surface area contributed by atoms with Crippen molar-refractivity contribution in [3.05, 3.63) is 29.8 Å². The van der Waals surface area contributed by atoms with Gasteiger partial charge in [-0.15, -0.1) is 0 Å². The third-order valence-corrected chi connectivity index (χ3v) is 2.75. The zero-order valence-corrected chi connectivity index (χ0v) is 9.46. The minimum absolute atomic E-state index is 0.429. The third-order valence-electron chi connectivity index (χ3n) is 2.75. The molecular formula is C12H12F3NO2. The molecule has 1 amide bonds. The molecule has 98 valence electrons. The third kappa shape index (κ3) is 2.75. The summed E-state index contributed by atoms with van der Waals surface area (Å²) < 4.78 is 42.1. The SMILES string of the molecule is O=C(NC1CCCOc2ccccc21)C(F)(F)F. The van der Waals surface area contributed by atoms with Gasteiger partial charge in [0.15, 0.2) is 0 Å². The first-order chi connectivity index (χ1) is 8.48. The Kier molecular flexibility index (Phi) is 3.45. The summed E-state index contributed by atoms with van der Waals surface area (Å²) in [5.41, 5.74) is 0.590. The number of halogens is 3. The lowest BCUT2D eigenvalue weighted by atomic mass is 10.0. The highest BCUT2D eigenvalue weighted by Gasteiger charge is 2.40. The number of amides is 1. The van der Waals surface area contributed by atoms with Crippen molar-refractivity contribution in [3.63, 3.8) is 0 Å². The van der Waals surface area contributed by atoms with Crippen LogP contribution in [0.1, 0.15) is 24.4 Å². The molecular weight excluding hydrogens is 247 g/mol. The van der Waals surface area contributed by atoms with E-state index in [2.05, 4.69) is 0 Å². The molecule has 0 fully saturated rings. The molecule has 0 aliphatic carbocycles. The number of carbonyl (C=O) groups excluding carboxylic acids is 1. The molecule has 1 aromatic carbocycles. The summed E-state index contributed by atoms with van der Waals surface area (Å²) in [7, 11) is 0. The van der Waals surface area contributed by atoms with E-state index in [1.165, 1.54) is 0 Å². The minimum atomic E-state index is -4.86. The number of alkyl halides is 3. The molecule has 6 heteroatoms. The van der Waals surface area contributed by atoms with Gasteiger partial charge in [0.1, 0.15) is 5.75 Å². The number of hydrogen-bond acceptors (Lipinski definition) is 2. The number of ether oxygens (including phenoxy) is 1. The Morgan fingerprint density at radius 2 is 2.06 bits per heavy atom. The van der Waals surface area contributed by atoms with Crippen molar-refractivity contribution in [1.29, 1.82) is 0 Å². The maximum Gasteiger partial charge on any atom is 0.471 e. The molecule has 3 nitrogen and oxygen atoms in total. The largest absolute Gasteiger partial charge is 0.493 e. The first kappa shape index (κ1) is 12.7. The molecule has 1 heterocycles. The Morgan fingerprint density at radius 3 is 2.78 bits per heavy atom. The molecule has 0 saturated heterocycles. The highest BCUT2D eigenvalue weighted by molar-refractivity contribution is 5.82. The lowest BCUT2D eigenvalue weighted by molar-refractivity contribution is -0.174. The molecule has 1 aliphatic rings. The van der Waals surface area contributed by atoms with Gasteiger partial charge in [0.25, 0.3) is 0 Å². The predicted molar refractivity (Wildman–Crippen MR) is 58.1 cm³/mol. The summed E-state index contributed by atoms with van der Waals surface area (Å²) in [4.78, 5) is 11.0. The molecule has 0 radical (unpaired) electrons. The van der Waals surface area contributed by atoms with E-state index in [0.29, 0.717) is 30.8 Å². The van der Waals surface area contributed by atoms with Crippen molar-refractivity contribution < 1.29 is 22.7 Å². The molecule has 18 heavy (non-hydrogen) atoms. The van der Waals surface area contributed by atoms with E-state index in [9.17, 15) is 18.0 Å². The molecule has 2 rings (SSSR count). The number of benzene rings is 1. The monoisotopic (exact) mass is 259 g/mol. The van der Waals surface area contributed by atoms with Crippen LogP contribution in [0.4, 0.5) is 13.2 Å². The topological polar surface area (TPSA) is 38.3 Å². The van der Waals surface area contributed by atoms with Crippen molar-refractivity contribution in [2.45, 2.75) is 25.1 Å². The van der Waals surface area contributed by atoms with Crippen LogP contribution in [-0.2, 0) is 4.79 Å². The van der Waals surface area contributed by atoms with Gasteiger partial charge >= 0.3 is 12.1 Å². The average Bonchev–Trinajstić information content (AvgIpc) is 2.51. The lowest BCUT2D eigenvalue weighted by Gasteiger charge is -2.19.